The van der Waals surface area contributed by atoms with E-state index in [1.165, 1.54) is 0 Å². The van der Waals surface area contributed by atoms with E-state index >= 15 is 0 Å². The lowest BCUT2D eigenvalue weighted by molar-refractivity contribution is 1.13. The molecule has 2 aromatic carbocycles. The lowest BCUT2D eigenvalue weighted by Crippen LogP contribution is -2.08. The Morgan fingerprint density at radius 1 is 1.17 bits per heavy atom. The molecule has 0 aliphatic heterocycles. The van der Waals surface area contributed by atoms with Gasteiger partial charge in [-0.25, -0.2) is 4.98 Å². The monoisotopic (exact) mass is 315 g/mol. The Bertz CT molecular complexity index is 953. The number of fused-ring (bicyclic) bond motifs is 1. The van der Waals surface area contributed by atoms with Gasteiger partial charge >= 0.3 is 0 Å². The van der Waals surface area contributed by atoms with Crippen molar-refractivity contribution >= 4 is 34.3 Å². The summed E-state index contributed by atoms with van der Waals surface area (Å²) >= 11 is 0. The maximum Gasteiger partial charge on any atom is 0.144 e. The van der Waals surface area contributed by atoms with Gasteiger partial charge in [0, 0.05) is 31.4 Å². The van der Waals surface area contributed by atoms with Crippen molar-refractivity contribution in [1.29, 1.82) is 5.26 Å². The topological polar surface area (TPSA) is 78.3 Å². The number of nitrogens with two attached hydrogens (primary N) is 1. The summed E-state index contributed by atoms with van der Waals surface area (Å²) in [6.07, 6.45) is 1.73. The van der Waals surface area contributed by atoms with Crippen molar-refractivity contribution in [3.05, 3.63) is 59.7 Å². The molecule has 0 aliphatic rings. The van der Waals surface area contributed by atoms with Crippen LogP contribution in [0.25, 0.3) is 10.9 Å². The molecule has 0 radical (unpaired) electrons. The fourth-order valence-corrected chi connectivity index (χ4v) is 2.45. The van der Waals surface area contributed by atoms with Gasteiger partial charge in [-0.15, -0.1) is 0 Å². The van der Waals surface area contributed by atoms with Gasteiger partial charge in [0.25, 0.3) is 0 Å². The predicted octanol–water partition coefficient (Wildman–Crippen LogP) is 3.51. The summed E-state index contributed by atoms with van der Waals surface area (Å²) in [5.74, 6) is 0.197. The van der Waals surface area contributed by atoms with Crippen LogP contribution in [0.1, 0.15) is 11.1 Å². The number of pyridine rings is 1. The molecule has 0 saturated heterocycles. The quantitative estimate of drug-likeness (QED) is 0.750. The Balaban J connectivity index is 2.24. The van der Waals surface area contributed by atoms with Crippen LogP contribution < -0.4 is 10.6 Å². The normalized spacial score (nSPS) is 10.9. The Morgan fingerprint density at radius 2 is 1.92 bits per heavy atom. The number of anilines is 2. The molecule has 0 aliphatic carbocycles. The van der Waals surface area contributed by atoms with Gasteiger partial charge in [0.2, 0.25) is 0 Å². The van der Waals surface area contributed by atoms with E-state index in [4.69, 9.17) is 5.73 Å². The van der Waals surface area contributed by atoms with Crippen molar-refractivity contribution in [3.8, 4) is 6.07 Å². The summed E-state index contributed by atoms with van der Waals surface area (Å²) < 4.78 is 0. The number of aromatic nitrogens is 1. The minimum Gasteiger partial charge on any atom is -0.383 e. The van der Waals surface area contributed by atoms with E-state index < -0.39 is 0 Å². The van der Waals surface area contributed by atoms with Crippen molar-refractivity contribution in [1.82, 2.24) is 4.98 Å². The van der Waals surface area contributed by atoms with E-state index in [-0.39, 0.29) is 5.82 Å². The highest BCUT2D eigenvalue weighted by Gasteiger charge is 2.13. The lowest BCUT2D eigenvalue weighted by Gasteiger charge is -2.14. The first kappa shape index (κ1) is 15.5. The van der Waals surface area contributed by atoms with Crippen LogP contribution in [0.5, 0.6) is 0 Å². The first-order chi connectivity index (χ1) is 11.6. The predicted molar refractivity (Wildman–Crippen MR) is 98.9 cm³/mol. The van der Waals surface area contributed by atoms with Gasteiger partial charge in [0.1, 0.15) is 17.5 Å². The number of hydrogen-bond acceptors (Lipinski definition) is 5. The molecule has 24 heavy (non-hydrogen) atoms. The van der Waals surface area contributed by atoms with Crippen LogP contribution in [0.3, 0.4) is 0 Å². The molecular formula is C19H17N5. The van der Waals surface area contributed by atoms with Crippen molar-refractivity contribution in [2.45, 2.75) is 0 Å². The SMILES string of the molecule is CN(C)c1ccc2nc(N)c(C#N)c(N=Cc3ccccc3)c2c1. The number of hydrogen-bond donors (Lipinski definition) is 1. The highest BCUT2D eigenvalue weighted by atomic mass is 15.1. The molecule has 118 valence electrons. The average Bonchev–Trinajstić information content (AvgIpc) is 2.59. The summed E-state index contributed by atoms with van der Waals surface area (Å²) in [5.41, 5.74) is 9.47. The number of nitriles is 1. The molecule has 0 amide bonds. The zero-order valence-electron chi connectivity index (χ0n) is 13.6. The van der Waals surface area contributed by atoms with Gasteiger partial charge in [-0.05, 0) is 23.8 Å². The second kappa shape index (κ2) is 6.39. The van der Waals surface area contributed by atoms with Crippen LogP contribution in [0.4, 0.5) is 17.2 Å². The van der Waals surface area contributed by atoms with Crippen molar-refractivity contribution in [2.75, 3.05) is 24.7 Å². The smallest absolute Gasteiger partial charge is 0.144 e. The minimum absolute atomic E-state index is 0.197. The Morgan fingerprint density at radius 3 is 2.58 bits per heavy atom. The summed E-state index contributed by atoms with van der Waals surface area (Å²) in [6, 6.07) is 17.7. The molecule has 3 aromatic rings. The summed E-state index contributed by atoms with van der Waals surface area (Å²) in [6.45, 7) is 0. The molecule has 0 spiro atoms. The standard InChI is InChI=1S/C19H17N5/c1-24(2)14-8-9-17-15(10-14)18(16(11-20)19(21)23-17)22-12-13-6-4-3-5-7-13/h3-10,12H,1-2H3,(H2,21,23). The van der Waals surface area contributed by atoms with Gasteiger partial charge < -0.3 is 10.6 Å². The highest BCUT2D eigenvalue weighted by molar-refractivity contribution is 5.99. The average molecular weight is 315 g/mol. The second-order valence-electron chi connectivity index (χ2n) is 5.60. The lowest BCUT2D eigenvalue weighted by atomic mass is 10.1. The maximum absolute atomic E-state index is 9.48. The Hall–Kier alpha value is -3.39. The van der Waals surface area contributed by atoms with E-state index in [9.17, 15) is 5.26 Å². The third-order valence-electron chi connectivity index (χ3n) is 3.74. The van der Waals surface area contributed by atoms with Crippen molar-refractivity contribution in [2.24, 2.45) is 4.99 Å². The zero-order chi connectivity index (χ0) is 17.1. The van der Waals surface area contributed by atoms with E-state index in [1.54, 1.807) is 6.21 Å². The van der Waals surface area contributed by atoms with Crippen LogP contribution in [0.15, 0.2) is 53.5 Å². The maximum atomic E-state index is 9.48. The largest absolute Gasteiger partial charge is 0.383 e. The highest BCUT2D eigenvalue weighted by Crippen LogP contribution is 2.34. The van der Waals surface area contributed by atoms with Crippen molar-refractivity contribution in [3.63, 3.8) is 0 Å². The van der Waals surface area contributed by atoms with E-state index in [1.807, 2.05) is 67.5 Å². The summed E-state index contributed by atoms with van der Waals surface area (Å²) in [7, 11) is 3.92. The van der Waals surface area contributed by atoms with Crippen LogP contribution >= 0.6 is 0 Å². The third-order valence-corrected chi connectivity index (χ3v) is 3.74. The molecule has 0 fully saturated rings. The number of aliphatic imine (C=N–C) groups is 1. The van der Waals surface area contributed by atoms with E-state index in [0.717, 1.165) is 22.2 Å². The zero-order valence-corrected chi connectivity index (χ0v) is 13.6. The molecule has 3 rings (SSSR count). The van der Waals surface area contributed by atoms with E-state index in [2.05, 4.69) is 16.0 Å². The van der Waals surface area contributed by atoms with Crippen LogP contribution in [0.2, 0.25) is 0 Å². The molecule has 5 heteroatoms. The van der Waals surface area contributed by atoms with Gasteiger partial charge in [0.15, 0.2) is 0 Å². The van der Waals surface area contributed by atoms with Crippen molar-refractivity contribution < 1.29 is 0 Å². The fraction of sp³-hybridized carbons (Fsp3) is 0.105. The molecule has 1 heterocycles. The molecular weight excluding hydrogens is 298 g/mol. The summed E-state index contributed by atoms with van der Waals surface area (Å²) in [5, 5.41) is 10.3. The van der Waals surface area contributed by atoms with Crippen LogP contribution in [0, 0.1) is 11.3 Å². The number of rotatable bonds is 3. The third kappa shape index (κ3) is 2.90. The molecule has 5 nitrogen and oxygen atoms in total. The number of benzene rings is 2. The van der Waals surface area contributed by atoms with Gasteiger partial charge in [-0.2, -0.15) is 5.26 Å². The Kier molecular flexibility index (Phi) is 4.13. The number of nitrogen functional groups attached to an aromatic ring is 1. The fourth-order valence-electron chi connectivity index (χ4n) is 2.45. The summed E-state index contributed by atoms with van der Waals surface area (Å²) in [4.78, 5) is 10.9. The number of nitrogens with zero attached hydrogens (tertiary/aromatic N) is 4. The molecule has 2 N–H and O–H groups in total. The molecule has 1 aromatic heterocycles. The second-order valence-corrected chi connectivity index (χ2v) is 5.60. The molecule has 0 saturated carbocycles. The molecule has 0 atom stereocenters. The van der Waals surface area contributed by atoms with Crippen LogP contribution in [-0.4, -0.2) is 25.3 Å². The van der Waals surface area contributed by atoms with Crippen LogP contribution in [-0.2, 0) is 0 Å². The first-order valence-electron chi connectivity index (χ1n) is 7.50. The molecule has 0 unspecified atom stereocenters. The Labute approximate surface area is 140 Å². The molecule has 0 bridgehead atoms. The first-order valence-corrected chi connectivity index (χ1v) is 7.50. The van der Waals surface area contributed by atoms with Gasteiger partial charge in [-0.3, -0.25) is 4.99 Å². The van der Waals surface area contributed by atoms with Gasteiger partial charge in [0.05, 0.1) is 11.2 Å². The minimum atomic E-state index is 0.197. The van der Waals surface area contributed by atoms with E-state index in [0.29, 0.717) is 11.3 Å². The van der Waals surface area contributed by atoms with Gasteiger partial charge in [-0.1, -0.05) is 30.3 Å².